The van der Waals surface area contributed by atoms with Crippen LogP contribution in [0.25, 0.3) is 0 Å². The van der Waals surface area contributed by atoms with Crippen LogP contribution in [0.1, 0.15) is 32.6 Å². The molecule has 1 rings (SSSR count). The molecule has 15 heavy (non-hydrogen) atoms. The first-order valence-corrected chi connectivity index (χ1v) is 5.69. The van der Waals surface area contributed by atoms with Crippen LogP contribution in [-0.4, -0.2) is 18.7 Å². The third-order valence-electron chi connectivity index (χ3n) is 2.36. The number of benzene rings is 1. The molecule has 0 atom stereocenters. The van der Waals surface area contributed by atoms with Crippen molar-refractivity contribution >= 4 is 12.6 Å². The molecule has 0 saturated heterocycles. The molecule has 82 valence electrons. The first-order valence-electron chi connectivity index (χ1n) is 5.69. The Hall–Kier alpha value is -0.795. The minimum absolute atomic E-state index is 0.635. The highest BCUT2D eigenvalue weighted by atomic mass is 16.5. The van der Waals surface area contributed by atoms with Gasteiger partial charge in [-0.15, -0.1) is 0 Å². The van der Waals surface area contributed by atoms with Gasteiger partial charge in [0.25, 0.3) is 0 Å². The fourth-order valence-corrected chi connectivity index (χ4v) is 1.44. The maximum atomic E-state index is 9.65. The van der Waals surface area contributed by atoms with Crippen LogP contribution in [0.2, 0.25) is 0 Å². The normalized spacial score (nSPS) is 10.3. The summed E-state index contributed by atoms with van der Waals surface area (Å²) < 4.78 is 5.33. The molecule has 0 bridgehead atoms. The molecule has 2 nitrogen and oxygen atoms in total. The second kappa shape index (κ2) is 7.49. The van der Waals surface area contributed by atoms with E-state index in [1.54, 1.807) is 0 Å². The second-order valence-corrected chi connectivity index (χ2v) is 3.69. The second-order valence-electron chi connectivity index (χ2n) is 3.69. The van der Waals surface area contributed by atoms with E-state index in [1.165, 1.54) is 19.3 Å². The molecule has 1 aromatic rings. The summed E-state index contributed by atoms with van der Waals surface area (Å²) in [5.74, 6) is 0. The average Bonchev–Trinajstić information content (AvgIpc) is 2.30. The van der Waals surface area contributed by atoms with Crippen molar-refractivity contribution in [1.29, 1.82) is 0 Å². The Kier molecular flexibility index (Phi) is 6.13. The molecule has 0 radical (unpaired) electrons. The predicted molar refractivity (Wildman–Crippen MR) is 64.1 cm³/mol. The van der Waals surface area contributed by atoms with Crippen LogP contribution in [0.15, 0.2) is 30.3 Å². The van der Waals surface area contributed by atoms with Crippen molar-refractivity contribution in [3.63, 3.8) is 0 Å². The molecule has 0 fully saturated rings. The standard InChI is InChI=1S/C12H19BO2/c1-2-3-4-8-11-15-13(14)12-9-6-5-7-10-12/h5-7,9-10,14H,2-4,8,11H2,1H3. The largest absolute Gasteiger partial charge is 0.491 e. The highest BCUT2D eigenvalue weighted by molar-refractivity contribution is 6.59. The van der Waals surface area contributed by atoms with Gasteiger partial charge in [0.05, 0.1) is 0 Å². The van der Waals surface area contributed by atoms with Gasteiger partial charge in [0.15, 0.2) is 0 Å². The lowest BCUT2D eigenvalue weighted by atomic mass is 9.80. The molecule has 0 heterocycles. The third-order valence-corrected chi connectivity index (χ3v) is 2.36. The van der Waals surface area contributed by atoms with E-state index < -0.39 is 7.12 Å². The Balaban J connectivity index is 2.16. The Bertz CT molecular complexity index is 251. The summed E-state index contributed by atoms with van der Waals surface area (Å²) in [7, 11) is -0.771. The van der Waals surface area contributed by atoms with Crippen LogP contribution in [0, 0.1) is 0 Å². The van der Waals surface area contributed by atoms with Gasteiger partial charge >= 0.3 is 7.12 Å². The van der Waals surface area contributed by atoms with Gasteiger partial charge in [0, 0.05) is 6.61 Å². The van der Waals surface area contributed by atoms with Gasteiger partial charge in [0.1, 0.15) is 0 Å². The number of unbranched alkanes of at least 4 members (excludes halogenated alkanes) is 3. The molecular formula is C12H19BO2. The molecule has 0 saturated carbocycles. The van der Waals surface area contributed by atoms with Gasteiger partial charge in [0.2, 0.25) is 0 Å². The lowest BCUT2D eigenvalue weighted by molar-refractivity contribution is 0.262. The number of hydrogen-bond acceptors (Lipinski definition) is 2. The molecule has 0 aromatic heterocycles. The molecule has 0 amide bonds. The van der Waals surface area contributed by atoms with Crippen LogP contribution >= 0.6 is 0 Å². The van der Waals surface area contributed by atoms with E-state index in [-0.39, 0.29) is 0 Å². The van der Waals surface area contributed by atoms with Gasteiger partial charge in [-0.2, -0.15) is 0 Å². The fourth-order valence-electron chi connectivity index (χ4n) is 1.44. The average molecular weight is 206 g/mol. The van der Waals surface area contributed by atoms with Crippen molar-refractivity contribution in [3.8, 4) is 0 Å². The summed E-state index contributed by atoms with van der Waals surface area (Å²) >= 11 is 0. The molecule has 0 aliphatic carbocycles. The zero-order valence-corrected chi connectivity index (χ0v) is 9.36. The maximum absolute atomic E-state index is 9.65. The van der Waals surface area contributed by atoms with Gasteiger partial charge in [-0.1, -0.05) is 56.5 Å². The Morgan fingerprint density at radius 3 is 2.53 bits per heavy atom. The fraction of sp³-hybridized carbons (Fsp3) is 0.500. The van der Waals surface area contributed by atoms with E-state index in [0.29, 0.717) is 6.61 Å². The Morgan fingerprint density at radius 1 is 1.13 bits per heavy atom. The molecule has 0 aliphatic heterocycles. The van der Waals surface area contributed by atoms with Crippen molar-refractivity contribution in [2.45, 2.75) is 32.6 Å². The SMILES string of the molecule is CCCCCCOB(O)c1ccccc1. The predicted octanol–water partition coefficient (Wildman–Crippen LogP) is 1.97. The maximum Gasteiger partial charge on any atom is 0.491 e. The van der Waals surface area contributed by atoms with Crippen LogP contribution in [-0.2, 0) is 4.65 Å². The van der Waals surface area contributed by atoms with Gasteiger partial charge in [-0.25, -0.2) is 0 Å². The summed E-state index contributed by atoms with van der Waals surface area (Å²) in [6.45, 7) is 2.82. The van der Waals surface area contributed by atoms with Crippen LogP contribution in [0.3, 0.4) is 0 Å². The van der Waals surface area contributed by atoms with E-state index in [4.69, 9.17) is 4.65 Å². The summed E-state index contributed by atoms with van der Waals surface area (Å²) in [4.78, 5) is 0. The van der Waals surface area contributed by atoms with E-state index in [2.05, 4.69) is 6.92 Å². The van der Waals surface area contributed by atoms with E-state index >= 15 is 0 Å². The third kappa shape index (κ3) is 5.00. The molecular weight excluding hydrogens is 187 g/mol. The van der Waals surface area contributed by atoms with E-state index in [0.717, 1.165) is 11.9 Å². The monoisotopic (exact) mass is 206 g/mol. The van der Waals surface area contributed by atoms with Crippen molar-refractivity contribution < 1.29 is 9.68 Å². The van der Waals surface area contributed by atoms with Gasteiger partial charge in [-0.05, 0) is 11.9 Å². The highest BCUT2D eigenvalue weighted by Crippen LogP contribution is 1.99. The van der Waals surface area contributed by atoms with Crippen LogP contribution in [0.4, 0.5) is 0 Å². The summed E-state index contributed by atoms with van der Waals surface area (Å²) in [6, 6.07) is 9.48. The zero-order chi connectivity index (χ0) is 10.9. The van der Waals surface area contributed by atoms with Crippen molar-refractivity contribution in [2.75, 3.05) is 6.61 Å². The topological polar surface area (TPSA) is 29.5 Å². The first kappa shape index (κ1) is 12.3. The van der Waals surface area contributed by atoms with E-state index in [1.807, 2.05) is 30.3 Å². The molecule has 1 aromatic carbocycles. The van der Waals surface area contributed by atoms with Gasteiger partial charge < -0.3 is 9.68 Å². The molecule has 0 aliphatic rings. The van der Waals surface area contributed by atoms with Crippen LogP contribution < -0.4 is 5.46 Å². The molecule has 0 unspecified atom stereocenters. The summed E-state index contributed by atoms with van der Waals surface area (Å²) in [5.41, 5.74) is 0.827. The number of rotatable bonds is 7. The summed E-state index contributed by atoms with van der Waals surface area (Å²) in [5, 5.41) is 9.65. The Morgan fingerprint density at radius 2 is 1.87 bits per heavy atom. The zero-order valence-electron chi connectivity index (χ0n) is 9.36. The Labute approximate surface area is 92.4 Å². The molecule has 1 N–H and O–H groups in total. The lowest BCUT2D eigenvalue weighted by Crippen LogP contribution is -2.33. The van der Waals surface area contributed by atoms with Crippen LogP contribution in [0.5, 0.6) is 0 Å². The highest BCUT2D eigenvalue weighted by Gasteiger charge is 2.14. The summed E-state index contributed by atoms with van der Waals surface area (Å²) in [6.07, 6.45) is 4.67. The van der Waals surface area contributed by atoms with Crippen molar-refractivity contribution in [3.05, 3.63) is 30.3 Å². The first-order chi connectivity index (χ1) is 7.34. The van der Waals surface area contributed by atoms with Gasteiger partial charge in [-0.3, -0.25) is 0 Å². The van der Waals surface area contributed by atoms with E-state index in [9.17, 15) is 5.02 Å². The molecule has 3 heteroatoms. The minimum atomic E-state index is -0.771. The van der Waals surface area contributed by atoms with Crippen molar-refractivity contribution in [2.24, 2.45) is 0 Å². The smallest absolute Gasteiger partial charge is 0.423 e. The van der Waals surface area contributed by atoms with Crippen molar-refractivity contribution in [1.82, 2.24) is 0 Å². The quantitative estimate of drug-likeness (QED) is 0.545. The lowest BCUT2D eigenvalue weighted by Gasteiger charge is -2.07. The number of hydrogen-bond donors (Lipinski definition) is 1. The minimum Gasteiger partial charge on any atom is -0.423 e. The molecule has 0 spiro atoms.